The summed E-state index contributed by atoms with van der Waals surface area (Å²) in [4.78, 5) is 31.9. The van der Waals surface area contributed by atoms with Crippen LogP contribution < -0.4 is 26.7 Å². The van der Waals surface area contributed by atoms with Gasteiger partial charge < -0.3 is 24.8 Å². The van der Waals surface area contributed by atoms with Crippen molar-refractivity contribution in [2.24, 2.45) is 16.0 Å². The van der Waals surface area contributed by atoms with E-state index in [1.807, 2.05) is 6.07 Å². The van der Waals surface area contributed by atoms with Crippen LogP contribution in [0.5, 0.6) is 0 Å². The molecule has 0 radical (unpaired) electrons. The molecular weight excluding hydrogens is 597 g/mol. The minimum Gasteiger partial charge on any atom is -0.542 e. The summed E-state index contributed by atoms with van der Waals surface area (Å²) in [6.45, 7) is -0.0590. The van der Waals surface area contributed by atoms with Crippen molar-refractivity contribution in [3.05, 3.63) is 78.0 Å². The van der Waals surface area contributed by atoms with Crippen LogP contribution in [0.1, 0.15) is 17.5 Å². The predicted molar refractivity (Wildman–Crippen MR) is 144 cm³/mol. The summed E-state index contributed by atoms with van der Waals surface area (Å²) in [7, 11) is -2.47. The first kappa shape index (κ1) is 32.6. The third kappa shape index (κ3) is 8.12. The number of rotatable bonds is 8. The normalized spacial score (nSPS) is 16.3. The van der Waals surface area contributed by atoms with Gasteiger partial charge in [0.2, 0.25) is 15.6 Å². The first-order valence-corrected chi connectivity index (χ1v) is 13.5. The average molecular weight is 623 g/mol. The van der Waals surface area contributed by atoms with Gasteiger partial charge in [0.05, 0.1) is 22.8 Å². The Bertz CT molecular complexity index is 1660. The zero-order valence-electron chi connectivity index (χ0n) is 22.3. The second-order valence-corrected chi connectivity index (χ2v) is 10.5. The SMILES string of the molecule is COCC1(C(=O)Nc2ccc(-c3ccccc3S(N)(=O)=O)cn2)CC(c2cccc(C(N)=[NH2+])c2)=NO1.O=C([O-])C(F)(F)F. The van der Waals surface area contributed by atoms with Gasteiger partial charge in [-0.1, -0.05) is 35.5 Å². The summed E-state index contributed by atoms with van der Waals surface area (Å²) in [5.74, 6) is -3.11. The Kier molecular flexibility index (Phi) is 9.85. The van der Waals surface area contributed by atoms with Gasteiger partial charge in [-0.05, 0) is 30.3 Å². The fourth-order valence-corrected chi connectivity index (χ4v) is 4.58. The van der Waals surface area contributed by atoms with E-state index in [9.17, 15) is 26.4 Å². The molecule has 4 rings (SSSR count). The minimum absolute atomic E-state index is 0.0234. The first-order chi connectivity index (χ1) is 20.1. The molecule has 43 heavy (non-hydrogen) atoms. The maximum Gasteiger partial charge on any atom is 0.430 e. The Morgan fingerprint density at radius 1 is 1.14 bits per heavy atom. The van der Waals surface area contributed by atoms with E-state index in [-0.39, 0.29) is 29.6 Å². The summed E-state index contributed by atoms with van der Waals surface area (Å²) in [5, 5.41) is 26.6. The molecule has 13 nitrogen and oxygen atoms in total. The number of aromatic nitrogens is 1. The molecule has 1 atom stereocenters. The molecule has 0 fully saturated rings. The van der Waals surface area contributed by atoms with E-state index in [1.54, 1.807) is 48.5 Å². The highest BCUT2D eigenvalue weighted by Crippen LogP contribution is 2.30. The molecule has 0 saturated carbocycles. The highest BCUT2D eigenvalue weighted by atomic mass is 32.2. The van der Waals surface area contributed by atoms with Gasteiger partial charge in [0.1, 0.15) is 11.8 Å². The van der Waals surface area contributed by atoms with Gasteiger partial charge in [-0.15, -0.1) is 0 Å². The molecule has 0 saturated heterocycles. The smallest absolute Gasteiger partial charge is 0.430 e. The van der Waals surface area contributed by atoms with Crippen LogP contribution in [-0.4, -0.2) is 62.3 Å². The van der Waals surface area contributed by atoms with Crippen molar-refractivity contribution in [1.82, 2.24) is 4.98 Å². The molecule has 1 aliphatic rings. The number of nitrogens with zero attached hydrogens (tertiary/aromatic N) is 2. The molecule has 1 aliphatic heterocycles. The maximum atomic E-state index is 13.2. The number of halogens is 3. The number of carbonyl (C=O) groups excluding carboxylic acids is 2. The number of primary sulfonamides is 1. The number of carboxylic acid groups (broad SMARTS) is 1. The lowest BCUT2D eigenvalue weighted by molar-refractivity contribution is -0.344. The minimum atomic E-state index is -5.19. The molecule has 1 amide bonds. The summed E-state index contributed by atoms with van der Waals surface area (Å²) in [6, 6.07) is 16.6. The Labute approximate surface area is 242 Å². The standard InChI is InChI=1S/C24H24N6O5S.C2HF3O2/c1-34-14-24(12-19(30-35-24)15-5-4-6-16(11-15)22(25)26)23(31)29-21-10-9-17(13-28-21)18-7-2-3-8-20(18)36(27,32)33;3-2(4,5)1(6)7/h2-11,13H,12,14H2,1H3,(H3,25,26)(H2,27,32,33)(H,28,29,31);(H,6,7). The lowest BCUT2D eigenvalue weighted by Crippen LogP contribution is -2.47. The number of hydrogen-bond donors (Lipinski definition) is 4. The van der Waals surface area contributed by atoms with Gasteiger partial charge >= 0.3 is 6.18 Å². The maximum absolute atomic E-state index is 13.2. The molecule has 0 bridgehead atoms. The second-order valence-electron chi connectivity index (χ2n) is 8.98. The molecule has 1 unspecified atom stereocenters. The Balaban J connectivity index is 0.000000646. The van der Waals surface area contributed by atoms with Gasteiger partial charge in [0, 0.05) is 36.4 Å². The molecule has 7 N–H and O–H groups in total. The number of methoxy groups -OCH3 is 1. The third-order valence-electron chi connectivity index (χ3n) is 5.85. The van der Waals surface area contributed by atoms with Gasteiger partial charge in [-0.2, -0.15) is 13.2 Å². The zero-order chi connectivity index (χ0) is 32.0. The van der Waals surface area contributed by atoms with Crippen LogP contribution in [-0.2, 0) is 29.2 Å². The van der Waals surface area contributed by atoms with Crippen molar-refractivity contribution in [2.75, 3.05) is 19.0 Å². The Morgan fingerprint density at radius 3 is 2.37 bits per heavy atom. The summed E-state index contributed by atoms with van der Waals surface area (Å²) in [5.41, 5.74) is 7.07. The predicted octanol–water partition coefficient (Wildman–Crippen LogP) is -0.693. The van der Waals surface area contributed by atoms with E-state index < -0.39 is 33.7 Å². The van der Waals surface area contributed by atoms with Crippen molar-refractivity contribution in [1.29, 1.82) is 0 Å². The van der Waals surface area contributed by atoms with Crippen LogP contribution in [0.3, 0.4) is 0 Å². The number of hydrogen-bond acceptors (Lipinski definition) is 9. The molecule has 3 aromatic rings. The number of oxime groups is 1. The van der Waals surface area contributed by atoms with E-state index in [1.165, 1.54) is 19.4 Å². The quantitative estimate of drug-likeness (QED) is 0.184. The van der Waals surface area contributed by atoms with Crippen LogP contribution in [0.2, 0.25) is 0 Å². The number of pyridine rings is 1. The molecule has 0 spiro atoms. The molecule has 17 heteroatoms. The van der Waals surface area contributed by atoms with Gasteiger partial charge in [0.25, 0.3) is 11.7 Å². The molecule has 1 aromatic heterocycles. The number of ether oxygens (including phenoxy) is 1. The fourth-order valence-electron chi connectivity index (χ4n) is 3.82. The number of benzene rings is 2. The zero-order valence-corrected chi connectivity index (χ0v) is 23.1. The van der Waals surface area contributed by atoms with Crippen LogP contribution in [0, 0.1) is 0 Å². The number of carboxylic acids is 1. The topological polar surface area (TPSA) is 225 Å². The van der Waals surface area contributed by atoms with Gasteiger partial charge in [-0.3, -0.25) is 15.9 Å². The molecule has 2 heterocycles. The summed E-state index contributed by atoms with van der Waals surface area (Å²) < 4.78 is 60.6. The molecule has 0 aliphatic carbocycles. The number of carbonyl (C=O) groups is 2. The number of amides is 1. The monoisotopic (exact) mass is 622 g/mol. The van der Waals surface area contributed by atoms with Crippen LogP contribution in [0.25, 0.3) is 11.1 Å². The second kappa shape index (κ2) is 13.0. The number of nitrogens with one attached hydrogen (secondary N) is 1. The third-order valence-corrected chi connectivity index (χ3v) is 6.81. The average Bonchev–Trinajstić information content (AvgIpc) is 3.39. The van der Waals surface area contributed by atoms with Crippen molar-refractivity contribution < 1.29 is 51.3 Å². The van der Waals surface area contributed by atoms with Crippen molar-refractivity contribution in [3.63, 3.8) is 0 Å². The van der Waals surface area contributed by atoms with Crippen LogP contribution in [0.4, 0.5) is 19.0 Å². The molecule has 228 valence electrons. The van der Waals surface area contributed by atoms with Crippen molar-refractivity contribution in [3.8, 4) is 11.1 Å². The van der Waals surface area contributed by atoms with E-state index >= 15 is 0 Å². The van der Waals surface area contributed by atoms with E-state index in [2.05, 4.69) is 15.5 Å². The van der Waals surface area contributed by atoms with Crippen molar-refractivity contribution >= 4 is 39.3 Å². The van der Waals surface area contributed by atoms with Gasteiger partial charge in [0.15, 0.2) is 0 Å². The lowest BCUT2D eigenvalue weighted by atomic mass is 9.93. The summed E-state index contributed by atoms with van der Waals surface area (Å²) in [6.07, 6.45) is -3.61. The van der Waals surface area contributed by atoms with Crippen LogP contribution >= 0.6 is 0 Å². The lowest BCUT2D eigenvalue weighted by Gasteiger charge is -2.24. The number of sulfonamides is 1. The van der Waals surface area contributed by atoms with E-state index in [0.29, 0.717) is 28.0 Å². The van der Waals surface area contributed by atoms with Crippen molar-refractivity contribution in [2.45, 2.75) is 23.1 Å². The number of nitrogens with two attached hydrogens (primary N) is 3. The largest absolute Gasteiger partial charge is 0.542 e. The highest BCUT2D eigenvalue weighted by molar-refractivity contribution is 7.89. The first-order valence-electron chi connectivity index (χ1n) is 12.0. The summed E-state index contributed by atoms with van der Waals surface area (Å²) >= 11 is 0. The van der Waals surface area contributed by atoms with E-state index in [0.717, 1.165) is 0 Å². The molecular formula is C26H25F3N6O7S. The highest BCUT2D eigenvalue weighted by Gasteiger charge is 2.47. The van der Waals surface area contributed by atoms with Crippen LogP contribution in [0.15, 0.2) is 76.9 Å². The Morgan fingerprint density at radius 2 is 1.81 bits per heavy atom. The number of anilines is 1. The van der Waals surface area contributed by atoms with E-state index in [4.69, 9.17) is 35.8 Å². The Hall–Kier alpha value is -4.87. The van der Waals surface area contributed by atoms with Gasteiger partial charge in [-0.25, -0.2) is 18.5 Å². The fraction of sp³-hybridized carbons (Fsp3) is 0.192. The number of aliphatic carboxylic acids is 1. The molecule has 2 aromatic carbocycles. The number of alkyl halides is 3. The number of amidine groups is 1.